The molecular formula is C30H43ClN2. The zero-order chi connectivity index (χ0) is 23.1. The van der Waals surface area contributed by atoms with Crippen LogP contribution in [0, 0.1) is 0 Å². The molecule has 0 aliphatic carbocycles. The number of imidazole rings is 1. The van der Waals surface area contributed by atoms with Gasteiger partial charge < -0.3 is 4.57 Å². The van der Waals surface area contributed by atoms with E-state index < -0.39 is 0 Å². The second-order valence-corrected chi connectivity index (χ2v) is 10.0. The van der Waals surface area contributed by atoms with Gasteiger partial charge in [0, 0.05) is 18.0 Å². The monoisotopic (exact) mass is 466 g/mol. The van der Waals surface area contributed by atoms with Crippen molar-refractivity contribution in [3.05, 3.63) is 64.9 Å². The van der Waals surface area contributed by atoms with Gasteiger partial charge in [0.1, 0.15) is 5.82 Å². The maximum absolute atomic E-state index is 6.06. The Morgan fingerprint density at radius 3 is 1.82 bits per heavy atom. The predicted octanol–water partition coefficient (Wildman–Crippen LogP) is 9.76. The average Bonchev–Trinajstić information content (AvgIpc) is 3.17. The minimum absolute atomic E-state index is 0.787. The molecule has 2 nitrogen and oxygen atoms in total. The summed E-state index contributed by atoms with van der Waals surface area (Å²) >= 11 is 6.06. The number of unbranched alkanes of at least 4 members (excludes halogenated alkanes) is 13. The molecule has 0 radical (unpaired) electrons. The molecule has 3 aromatic rings. The highest BCUT2D eigenvalue weighted by molar-refractivity contribution is 6.30. The Labute approximate surface area is 206 Å². The van der Waals surface area contributed by atoms with Gasteiger partial charge in [-0.15, -0.1) is 0 Å². The molecule has 0 amide bonds. The van der Waals surface area contributed by atoms with E-state index in [1.165, 1.54) is 101 Å². The maximum Gasteiger partial charge on any atom is 0.114 e. The molecular weight excluding hydrogens is 424 g/mol. The van der Waals surface area contributed by atoms with Crippen molar-refractivity contribution >= 4 is 22.6 Å². The van der Waals surface area contributed by atoms with Crippen molar-refractivity contribution in [3.63, 3.8) is 0 Å². The van der Waals surface area contributed by atoms with Crippen LogP contribution in [0.5, 0.6) is 0 Å². The Morgan fingerprint density at radius 1 is 0.667 bits per heavy atom. The van der Waals surface area contributed by atoms with Crippen LogP contribution >= 0.6 is 11.6 Å². The number of halogens is 1. The molecule has 0 N–H and O–H groups in total. The highest BCUT2D eigenvalue weighted by atomic mass is 35.5. The van der Waals surface area contributed by atoms with E-state index in [9.17, 15) is 0 Å². The summed E-state index contributed by atoms with van der Waals surface area (Å²) in [6, 6.07) is 16.7. The molecule has 1 heterocycles. The zero-order valence-corrected chi connectivity index (χ0v) is 21.5. The number of hydrogen-bond donors (Lipinski definition) is 0. The van der Waals surface area contributed by atoms with Crippen LogP contribution in [0.3, 0.4) is 0 Å². The Morgan fingerprint density at radius 2 is 1.21 bits per heavy atom. The number of benzene rings is 2. The molecule has 0 aliphatic rings. The van der Waals surface area contributed by atoms with Gasteiger partial charge in [0.25, 0.3) is 0 Å². The van der Waals surface area contributed by atoms with E-state index >= 15 is 0 Å². The SMILES string of the molecule is CCCCCCCCCCCCCCCCn1c(Cc2ccc(Cl)cc2)nc2ccccc21. The summed E-state index contributed by atoms with van der Waals surface area (Å²) in [7, 11) is 0. The van der Waals surface area contributed by atoms with Gasteiger partial charge in [-0.2, -0.15) is 0 Å². The summed E-state index contributed by atoms with van der Waals surface area (Å²) in [5.41, 5.74) is 3.62. The van der Waals surface area contributed by atoms with Crippen molar-refractivity contribution in [2.24, 2.45) is 0 Å². The standard InChI is InChI=1S/C30H43ClN2/c1-2-3-4-5-6-7-8-9-10-11-12-13-14-17-24-33-29-19-16-15-18-28(29)32-30(33)25-26-20-22-27(31)23-21-26/h15-16,18-23H,2-14,17,24-25H2,1H3. The van der Waals surface area contributed by atoms with E-state index in [0.29, 0.717) is 0 Å². The molecule has 0 unspecified atom stereocenters. The lowest BCUT2D eigenvalue weighted by molar-refractivity contribution is 0.523. The minimum atomic E-state index is 0.787. The van der Waals surface area contributed by atoms with Crippen molar-refractivity contribution < 1.29 is 0 Å². The van der Waals surface area contributed by atoms with Crippen LogP contribution in [0.4, 0.5) is 0 Å². The first-order valence-electron chi connectivity index (χ1n) is 13.5. The van der Waals surface area contributed by atoms with Gasteiger partial charge in [0.15, 0.2) is 0 Å². The van der Waals surface area contributed by atoms with Crippen LogP contribution in [-0.2, 0) is 13.0 Å². The van der Waals surface area contributed by atoms with Gasteiger partial charge >= 0.3 is 0 Å². The van der Waals surface area contributed by atoms with E-state index in [-0.39, 0.29) is 0 Å². The molecule has 3 heteroatoms. The first-order valence-corrected chi connectivity index (χ1v) is 13.8. The topological polar surface area (TPSA) is 17.8 Å². The fourth-order valence-corrected chi connectivity index (χ4v) is 4.89. The molecule has 180 valence electrons. The van der Waals surface area contributed by atoms with Crippen molar-refractivity contribution in [2.75, 3.05) is 0 Å². The molecule has 3 rings (SSSR count). The third-order valence-corrected chi connectivity index (χ3v) is 7.00. The summed E-state index contributed by atoms with van der Waals surface area (Å²) in [6.07, 6.45) is 20.4. The Kier molecular flexibility index (Phi) is 11.9. The number of aryl methyl sites for hydroxylation is 1. The number of aromatic nitrogens is 2. The zero-order valence-electron chi connectivity index (χ0n) is 20.7. The molecule has 0 saturated carbocycles. The lowest BCUT2D eigenvalue weighted by Gasteiger charge is -2.10. The summed E-state index contributed by atoms with van der Waals surface area (Å²) in [5.74, 6) is 1.16. The van der Waals surface area contributed by atoms with Crippen molar-refractivity contribution in [2.45, 2.75) is 110 Å². The molecule has 0 aliphatic heterocycles. The normalized spacial score (nSPS) is 11.5. The third kappa shape index (κ3) is 9.16. The molecule has 0 spiro atoms. The number of fused-ring (bicyclic) bond motifs is 1. The van der Waals surface area contributed by atoms with Crippen molar-refractivity contribution in [3.8, 4) is 0 Å². The van der Waals surface area contributed by atoms with E-state index in [4.69, 9.17) is 16.6 Å². The van der Waals surface area contributed by atoms with Gasteiger partial charge in [-0.05, 0) is 36.2 Å². The predicted molar refractivity (Wildman–Crippen MR) is 144 cm³/mol. The number of hydrogen-bond acceptors (Lipinski definition) is 1. The molecule has 33 heavy (non-hydrogen) atoms. The third-order valence-electron chi connectivity index (χ3n) is 6.74. The fraction of sp³-hybridized carbons (Fsp3) is 0.567. The van der Waals surface area contributed by atoms with Crippen LogP contribution in [0.2, 0.25) is 5.02 Å². The summed E-state index contributed by atoms with van der Waals surface area (Å²) < 4.78 is 2.43. The lowest BCUT2D eigenvalue weighted by atomic mass is 10.0. The smallest absolute Gasteiger partial charge is 0.114 e. The van der Waals surface area contributed by atoms with Gasteiger partial charge in [0.2, 0.25) is 0 Å². The first-order chi connectivity index (χ1) is 16.3. The second-order valence-electron chi connectivity index (χ2n) is 9.57. The first kappa shape index (κ1) is 25.8. The highest BCUT2D eigenvalue weighted by Crippen LogP contribution is 2.21. The van der Waals surface area contributed by atoms with Gasteiger partial charge in [-0.25, -0.2) is 4.98 Å². The van der Waals surface area contributed by atoms with Crippen molar-refractivity contribution in [1.29, 1.82) is 0 Å². The Bertz CT molecular complexity index is 913. The molecule has 0 atom stereocenters. The Hall–Kier alpha value is -1.80. The van der Waals surface area contributed by atoms with Gasteiger partial charge in [0.05, 0.1) is 11.0 Å². The maximum atomic E-state index is 6.06. The van der Waals surface area contributed by atoms with Crippen LogP contribution < -0.4 is 0 Å². The van der Waals surface area contributed by atoms with Crippen molar-refractivity contribution in [1.82, 2.24) is 9.55 Å². The van der Waals surface area contributed by atoms with Crippen LogP contribution in [-0.4, -0.2) is 9.55 Å². The van der Waals surface area contributed by atoms with Crippen LogP contribution in [0.15, 0.2) is 48.5 Å². The second kappa shape index (κ2) is 15.2. The largest absolute Gasteiger partial charge is 0.328 e. The molecule has 2 aromatic carbocycles. The molecule has 0 bridgehead atoms. The van der Waals surface area contributed by atoms with Crippen LogP contribution in [0.25, 0.3) is 11.0 Å². The molecule has 1 aromatic heterocycles. The highest BCUT2D eigenvalue weighted by Gasteiger charge is 2.11. The Balaban J connectivity index is 1.34. The molecule has 0 saturated heterocycles. The number of para-hydroxylation sites is 2. The lowest BCUT2D eigenvalue weighted by Crippen LogP contribution is -2.05. The molecule has 0 fully saturated rings. The number of rotatable bonds is 17. The average molecular weight is 467 g/mol. The summed E-state index contributed by atoms with van der Waals surface area (Å²) in [6.45, 7) is 3.35. The fourth-order valence-electron chi connectivity index (χ4n) is 4.76. The van der Waals surface area contributed by atoms with E-state index in [1.807, 2.05) is 12.1 Å². The van der Waals surface area contributed by atoms with Gasteiger partial charge in [-0.1, -0.05) is 126 Å². The van der Waals surface area contributed by atoms with E-state index in [2.05, 4.69) is 47.9 Å². The number of nitrogens with zero attached hydrogens (tertiary/aromatic N) is 2. The van der Waals surface area contributed by atoms with Gasteiger partial charge in [-0.3, -0.25) is 0 Å². The van der Waals surface area contributed by atoms with Crippen LogP contribution in [0.1, 0.15) is 108 Å². The summed E-state index contributed by atoms with van der Waals surface area (Å²) in [5, 5.41) is 0.787. The quantitative estimate of drug-likeness (QED) is 0.181. The van der Waals surface area contributed by atoms with E-state index in [0.717, 1.165) is 29.3 Å². The summed E-state index contributed by atoms with van der Waals surface area (Å²) in [4.78, 5) is 4.94. The minimum Gasteiger partial charge on any atom is -0.328 e. The van der Waals surface area contributed by atoms with E-state index in [1.54, 1.807) is 0 Å².